The molecule has 3 N–H and O–H groups in total. The number of hydrogen-bond acceptors (Lipinski definition) is 5. The largest absolute Gasteiger partial charge is 0.459 e. The summed E-state index contributed by atoms with van der Waals surface area (Å²) >= 11 is 0. The topological polar surface area (TPSA) is 110 Å². The highest BCUT2D eigenvalue weighted by molar-refractivity contribution is 5.92. The van der Waals surface area contributed by atoms with E-state index >= 15 is 0 Å². The second-order valence-corrected chi connectivity index (χ2v) is 3.24. The SMILES string of the molecule is N#Cc1nccn1Cc1ccoc1C(=O)NN. The predicted octanol–water partition coefficient (Wildman–Crippen LogP) is -0.000420. The van der Waals surface area contributed by atoms with E-state index in [9.17, 15) is 4.79 Å². The Bertz CT molecular complexity index is 578. The molecule has 0 aliphatic heterocycles. The minimum Gasteiger partial charge on any atom is -0.459 e. The lowest BCUT2D eigenvalue weighted by Crippen LogP contribution is -2.30. The number of furan rings is 1. The van der Waals surface area contributed by atoms with Crippen LogP contribution in [0.3, 0.4) is 0 Å². The average Bonchev–Trinajstić information content (AvgIpc) is 2.97. The number of amides is 1. The maximum atomic E-state index is 11.4. The summed E-state index contributed by atoms with van der Waals surface area (Å²) in [7, 11) is 0. The van der Waals surface area contributed by atoms with Gasteiger partial charge in [0.2, 0.25) is 5.82 Å². The molecule has 0 aliphatic rings. The Morgan fingerprint density at radius 2 is 2.53 bits per heavy atom. The molecule has 0 radical (unpaired) electrons. The molecule has 0 aliphatic carbocycles. The first-order valence-electron chi connectivity index (χ1n) is 4.74. The molecule has 7 nitrogen and oxygen atoms in total. The second-order valence-electron chi connectivity index (χ2n) is 3.24. The third-order valence-electron chi connectivity index (χ3n) is 2.24. The highest BCUT2D eigenvalue weighted by Gasteiger charge is 2.15. The molecule has 0 fully saturated rings. The number of carbonyl (C=O) groups excluding carboxylic acids is 1. The minimum absolute atomic E-state index is 0.130. The van der Waals surface area contributed by atoms with Gasteiger partial charge in [-0.2, -0.15) is 5.26 Å². The summed E-state index contributed by atoms with van der Waals surface area (Å²) in [6.07, 6.45) is 4.56. The minimum atomic E-state index is -0.511. The number of rotatable bonds is 3. The average molecular weight is 231 g/mol. The third-order valence-corrected chi connectivity index (χ3v) is 2.24. The molecule has 2 rings (SSSR count). The van der Waals surface area contributed by atoms with Crippen LogP contribution in [0.2, 0.25) is 0 Å². The smallest absolute Gasteiger partial charge is 0.301 e. The van der Waals surface area contributed by atoms with Gasteiger partial charge in [0.25, 0.3) is 0 Å². The molecule has 0 spiro atoms. The zero-order valence-electron chi connectivity index (χ0n) is 8.75. The van der Waals surface area contributed by atoms with Crippen LogP contribution < -0.4 is 11.3 Å². The number of nitrogens with one attached hydrogen (secondary N) is 1. The Kier molecular flexibility index (Phi) is 2.89. The number of hydrogen-bond donors (Lipinski definition) is 2. The molecule has 2 aromatic rings. The molecular weight excluding hydrogens is 222 g/mol. The summed E-state index contributed by atoms with van der Waals surface area (Å²) < 4.78 is 6.64. The Morgan fingerprint density at radius 1 is 1.71 bits per heavy atom. The van der Waals surface area contributed by atoms with Crippen LogP contribution in [0.15, 0.2) is 29.1 Å². The molecule has 1 amide bonds. The first-order chi connectivity index (χ1) is 8.26. The van der Waals surface area contributed by atoms with Gasteiger partial charge < -0.3 is 8.98 Å². The van der Waals surface area contributed by atoms with Gasteiger partial charge in [0.15, 0.2) is 5.76 Å². The van der Waals surface area contributed by atoms with Crippen LogP contribution in [0.1, 0.15) is 21.9 Å². The van der Waals surface area contributed by atoms with E-state index in [1.54, 1.807) is 16.8 Å². The molecule has 17 heavy (non-hydrogen) atoms. The van der Waals surface area contributed by atoms with Crippen molar-refractivity contribution in [1.29, 1.82) is 5.26 Å². The number of aromatic nitrogens is 2. The van der Waals surface area contributed by atoms with E-state index in [1.807, 2.05) is 11.5 Å². The van der Waals surface area contributed by atoms with E-state index in [1.165, 1.54) is 12.5 Å². The van der Waals surface area contributed by atoms with Gasteiger partial charge in [0, 0.05) is 18.0 Å². The summed E-state index contributed by atoms with van der Waals surface area (Å²) in [6.45, 7) is 0.322. The zero-order valence-corrected chi connectivity index (χ0v) is 8.75. The number of imidazole rings is 1. The highest BCUT2D eigenvalue weighted by atomic mass is 16.3. The Balaban J connectivity index is 2.29. The number of nitrogen functional groups attached to an aromatic ring is 1. The normalized spacial score (nSPS) is 9.88. The summed E-state index contributed by atoms with van der Waals surface area (Å²) in [6, 6.07) is 3.59. The van der Waals surface area contributed by atoms with Crippen molar-refractivity contribution in [2.75, 3.05) is 0 Å². The van der Waals surface area contributed by atoms with Crippen LogP contribution in [0.5, 0.6) is 0 Å². The van der Waals surface area contributed by atoms with Crippen LogP contribution in [0, 0.1) is 11.3 Å². The van der Waals surface area contributed by atoms with Crippen LogP contribution in [-0.2, 0) is 6.54 Å². The quantitative estimate of drug-likeness (QED) is 0.439. The molecule has 7 heteroatoms. The molecule has 2 aromatic heterocycles. The highest BCUT2D eigenvalue weighted by Crippen LogP contribution is 2.13. The molecule has 0 atom stereocenters. The summed E-state index contributed by atoms with van der Waals surface area (Å²) in [5.74, 6) is 4.92. The van der Waals surface area contributed by atoms with E-state index in [0.717, 1.165) is 0 Å². The lowest BCUT2D eigenvalue weighted by Gasteiger charge is -2.03. The molecule has 0 unspecified atom stereocenters. The molecule has 0 saturated carbocycles. The Hall–Kier alpha value is -2.59. The first-order valence-corrected chi connectivity index (χ1v) is 4.74. The number of nitriles is 1. The first kappa shape index (κ1) is 10.9. The summed E-state index contributed by atoms with van der Waals surface area (Å²) in [5, 5.41) is 8.80. The van der Waals surface area contributed by atoms with Gasteiger partial charge in [-0.25, -0.2) is 10.8 Å². The van der Waals surface area contributed by atoms with E-state index in [-0.39, 0.29) is 11.6 Å². The van der Waals surface area contributed by atoms with Crippen LogP contribution in [0.25, 0.3) is 0 Å². The number of hydrazine groups is 1. The van der Waals surface area contributed by atoms with Gasteiger partial charge in [-0.3, -0.25) is 10.2 Å². The second kappa shape index (κ2) is 4.51. The van der Waals surface area contributed by atoms with E-state index in [4.69, 9.17) is 15.5 Å². The van der Waals surface area contributed by atoms with Crippen molar-refractivity contribution >= 4 is 5.91 Å². The Labute approximate surface area is 96.4 Å². The number of carbonyl (C=O) groups is 1. The van der Waals surface area contributed by atoms with Crippen molar-refractivity contribution in [2.45, 2.75) is 6.54 Å². The van der Waals surface area contributed by atoms with Crippen molar-refractivity contribution < 1.29 is 9.21 Å². The molecule has 0 bridgehead atoms. The van der Waals surface area contributed by atoms with Gasteiger partial charge >= 0.3 is 5.91 Å². The van der Waals surface area contributed by atoms with E-state index < -0.39 is 5.91 Å². The monoisotopic (exact) mass is 231 g/mol. The molecule has 0 saturated heterocycles. The van der Waals surface area contributed by atoms with Gasteiger partial charge in [0.05, 0.1) is 12.8 Å². The number of nitrogens with zero attached hydrogens (tertiary/aromatic N) is 3. The summed E-state index contributed by atoms with van der Waals surface area (Å²) in [4.78, 5) is 15.2. The summed E-state index contributed by atoms with van der Waals surface area (Å²) in [5.41, 5.74) is 2.62. The maximum Gasteiger partial charge on any atom is 0.301 e. The van der Waals surface area contributed by atoms with Crippen LogP contribution >= 0.6 is 0 Å². The fraction of sp³-hybridized carbons (Fsp3) is 0.100. The molecule has 86 valence electrons. The van der Waals surface area contributed by atoms with E-state index in [0.29, 0.717) is 12.1 Å². The Morgan fingerprint density at radius 3 is 3.24 bits per heavy atom. The fourth-order valence-electron chi connectivity index (χ4n) is 1.46. The van der Waals surface area contributed by atoms with Crippen molar-refractivity contribution in [1.82, 2.24) is 15.0 Å². The molecule has 2 heterocycles. The third kappa shape index (κ3) is 2.02. The van der Waals surface area contributed by atoms with E-state index in [2.05, 4.69) is 4.98 Å². The number of nitrogens with two attached hydrogens (primary N) is 1. The van der Waals surface area contributed by atoms with Crippen molar-refractivity contribution in [3.05, 3.63) is 41.9 Å². The molecule has 0 aromatic carbocycles. The molecular formula is C10H9N5O2. The van der Waals surface area contributed by atoms with Gasteiger partial charge in [0.1, 0.15) is 6.07 Å². The lowest BCUT2D eigenvalue weighted by atomic mass is 10.2. The van der Waals surface area contributed by atoms with Gasteiger partial charge in [-0.15, -0.1) is 0 Å². The van der Waals surface area contributed by atoms with Crippen molar-refractivity contribution in [3.63, 3.8) is 0 Å². The van der Waals surface area contributed by atoms with Crippen molar-refractivity contribution in [2.24, 2.45) is 5.84 Å². The van der Waals surface area contributed by atoms with Crippen LogP contribution in [-0.4, -0.2) is 15.5 Å². The van der Waals surface area contributed by atoms with Gasteiger partial charge in [-0.05, 0) is 6.07 Å². The standard InChI is InChI=1S/C10H9N5O2/c11-5-8-13-2-3-15(8)6-7-1-4-17-9(7)10(16)14-12/h1-4H,6,12H2,(H,14,16). The predicted molar refractivity (Wildman–Crippen MR) is 56.4 cm³/mol. The van der Waals surface area contributed by atoms with Crippen molar-refractivity contribution in [3.8, 4) is 6.07 Å². The fourth-order valence-corrected chi connectivity index (χ4v) is 1.46. The van der Waals surface area contributed by atoms with Gasteiger partial charge in [-0.1, -0.05) is 0 Å². The lowest BCUT2D eigenvalue weighted by molar-refractivity contribution is 0.0924. The van der Waals surface area contributed by atoms with Crippen LogP contribution in [0.4, 0.5) is 0 Å². The zero-order chi connectivity index (χ0) is 12.3. The maximum absolute atomic E-state index is 11.4.